The summed E-state index contributed by atoms with van der Waals surface area (Å²) in [6, 6.07) is 1.89. The molecule has 0 saturated carbocycles. The first-order valence-corrected chi connectivity index (χ1v) is 8.65. The fourth-order valence-corrected chi connectivity index (χ4v) is 3.45. The van der Waals surface area contributed by atoms with Gasteiger partial charge in [0.2, 0.25) is 5.95 Å². The molecule has 1 aliphatic carbocycles. The first-order valence-electron chi connectivity index (χ1n) is 8.65. The molecule has 1 atom stereocenters. The highest BCUT2D eigenvalue weighted by molar-refractivity contribution is 6.07. The van der Waals surface area contributed by atoms with Crippen molar-refractivity contribution < 1.29 is 9.18 Å². The minimum absolute atomic E-state index is 0.0479. The number of halogens is 1. The quantitative estimate of drug-likeness (QED) is 0.781. The van der Waals surface area contributed by atoms with Crippen LogP contribution in [0.1, 0.15) is 66.5 Å². The van der Waals surface area contributed by atoms with Crippen LogP contribution >= 0.6 is 0 Å². The van der Waals surface area contributed by atoms with Crippen LogP contribution in [0.25, 0.3) is 5.65 Å². The lowest BCUT2D eigenvalue weighted by Crippen LogP contribution is -2.17. The van der Waals surface area contributed by atoms with E-state index in [0.29, 0.717) is 17.1 Å². The Balaban J connectivity index is 1.83. The van der Waals surface area contributed by atoms with Crippen LogP contribution in [-0.2, 0) is 6.42 Å². The molecule has 0 aliphatic heterocycles. The number of aryl methyl sites for hydroxylation is 1. The van der Waals surface area contributed by atoms with Gasteiger partial charge in [-0.05, 0) is 30.4 Å². The fraction of sp³-hybridized carbons (Fsp3) is 0.389. The van der Waals surface area contributed by atoms with Gasteiger partial charge in [-0.15, -0.1) is 10.2 Å². The van der Waals surface area contributed by atoms with Crippen molar-refractivity contribution in [2.24, 2.45) is 0 Å². The Morgan fingerprint density at radius 3 is 2.73 bits per heavy atom. The molecule has 134 valence electrons. The minimum atomic E-state index is -0.559. The number of pyridine rings is 1. The second-order valence-electron chi connectivity index (χ2n) is 6.95. The van der Waals surface area contributed by atoms with E-state index in [-0.39, 0.29) is 17.8 Å². The van der Waals surface area contributed by atoms with E-state index < -0.39 is 5.82 Å². The highest BCUT2D eigenvalue weighted by Gasteiger charge is 2.28. The van der Waals surface area contributed by atoms with Gasteiger partial charge in [-0.3, -0.25) is 14.5 Å². The Labute approximate surface area is 149 Å². The number of hydrogen-bond acceptors (Lipinski definition) is 5. The lowest BCUT2D eigenvalue weighted by molar-refractivity contribution is 0.102. The van der Waals surface area contributed by atoms with Crippen LogP contribution in [0.2, 0.25) is 0 Å². The fourth-order valence-electron chi connectivity index (χ4n) is 3.45. The van der Waals surface area contributed by atoms with Gasteiger partial charge in [-0.1, -0.05) is 20.8 Å². The van der Waals surface area contributed by atoms with Gasteiger partial charge in [0, 0.05) is 11.6 Å². The molecule has 1 unspecified atom stereocenters. The number of amides is 1. The topological polar surface area (TPSA) is 85.1 Å². The van der Waals surface area contributed by atoms with Crippen molar-refractivity contribution in [3.63, 3.8) is 0 Å². The highest BCUT2D eigenvalue weighted by Crippen LogP contribution is 2.35. The molecule has 0 saturated heterocycles. The zero-order valence-corrected chi connectivity index (χ0v) is 14.8. The van der Waals surface area contributed by atoms with Gasteiger partial charge in [0.15, 0.2) is 11.5 Å². The summed E-state index contributed by atoms with van der Waals surface area (Å²) >= 11 is 0. The lowest BCUT2D eigenvalue weighted by Gasteiger charge is -2.13. The summed E-state index contributed by atoms with van der Waals surface area (Å²) in [4.78, 5) is 20.4. The van der Waals surface area contributed by atoms with Gasteiger partial charge in [-0.25, -0.2) is 14.4 Å². The molecule has 0 aromatic carbocycles. The maximum absolute atomic E-state index is 13.0. The Morgan fingerprint density at radius 1 is 1.31 bits per heavy atom. The van der Waals surface area contributed by atoms with Crippen LogP contribution in [-0.4, -0.2) is 30.5 Å². The van der Waals surface area contributed by atoms with Crippen molar-refractivity contribution in [2.75, 3.05) is 5.32 Å². The van der Waals surface area contributed by atoms with Gasteiger partial charge >= 0.3 is 0 Å². The van der Waals surface area contributed by atoms with Crippen LogP contribution in [0.5, 0.6) is 0 Å². The number of carbonyl (C=O) groups excluding carboxylic acids is 1. The summed E-state index contributed by atoms with van der Waals surface area (Å²) in [7, 11) is 0. The Hall–Kier alpha value is -2.90. The van der Waals surface area contributed by atoms with Gasteiger partial charge < -0.3 is 0 Å². The molecule has 3 heterocycles. The Bertz CT molecular complexity index is 995. The lowest BCUT2D eigenvalue weighted by atomic mass is 10.0. The second-order valence-corrected chi connectivity index (χ2v) is 6.95. The Kier molecular flexibility index (Phi) is 3.90. The van der Waals surface area contributed by atoms with Crippen LogP contribution in [0.15, 0.2) is 18.5 Å². The van der Waals surface area contributed by atoms with E-state index in [4.69, 9.17) is 0 Å². The van der Waals surface area contributed by atoms with Crippen molar-refractivity contribution in [3.05, 3.63) is 46.9 Å². The summed E-state index contributed by atoms with van der Waals surface area (Å²) in [5.41, 5.74) is 3.27. The average Bonchev–Trinajstić information content (AvgIpc) is 3.20. The SMILES string of the molecule is CC(C)c1nnc2c(C(=O)Nc3ncc(F)cn3)cc3c(n12)CCC3C. The zero-order valence-electron chi connectivity index (χ0n) is 14.8. The van der Waals surface area contributed by atoms with E-state index in [2.05, 4.69) is 46.3 Å². The molecule has 0 fully saturated rings. The second kappa shape index (κ2) is 6.12. The van der Waals surface area contributed by atoms with Crippen molar-refractivity contribution >= 4 is 17.5 Å². The normalized spacial score (nSPS) is 16.3. The number of nitrogens with one attached hydrogen (secondary N) is 1. The van der Waals surface area contributed by atoms with Gasteiger partial charge in [0.1, 0.15) is 5.82 Å². The number of carbonyl (C=O) groups is 1. The average molecular weight is 354 g/mol. The van der Waals surface area contributed by atoms with Crippen LogP contribution in [0, 0.1) is 5.82 Å². The molecule has 3 aromatic rings. The number of fused-ring (bicyclic) bond motifs is 3. The predicted molar refractivity (Wildman–Crippen MR) is 93.8 cm³/mol. The van der Waals surface area contributed by atoms with Crippen molar-refractivity contribution in [2.45, 2.75) is 45.4 Å². The molecule has 0 bridgehead atoms. The molecule has 8 heteroatoms. The van der Waals surface area contributed by atoms with E-state index in [1.165, 1.54) is 5.69 Å². The maximum atomic E-state index is 13.0. The first-order chi connectivity index (χ1) is 12.5. The highest BCUT2D eigenvalue weighted by atomic mass is 19.1. The molecule has 26 heavy (non-hydrogen) atoms. The predicted octanol–water partition coefficient (Wildman–Crippen LogP) is 3.08. The van der Waals surface area contributed by atoms with Crippen molar-refractivity contribution in [3.8, 4) is 0 Å². The number of nitrogens with zero attached hydrogens (tertiary/aromatic N) is 5. The smallest absolute Gasteiger partial charge is 0.261 e. The zero-order chi connectivity index (χ0) is 18.4. The molecule has 0 radical (unpaired) electrons. The molecule has 4 rings (SSSR count). The number of hydrogen-bond donors (Lipinski definition) is 1. The molecular formula is C18H19FN6O. The summed E-state index contributed by atoms with van der Waals surface area (Å²) in [5.74, 6) is 0.501. The minimum Gasteiger partial charge on any atom is -0.290 e. The Morgan fingerprint density at radius 2 is 2.04 bits per heavy atom. The van der Waals surface area contributed by atoms with E-state index in [1.807, 2.05) is 10.5 Å². The summed E-state index contributed by atoms with van der Waals surface area (Å²) < 4.78 is 15.0. The van der Waals surface area contributed by atoms with Crippen molar-refractivity contribution in [1.29, 1.82) is 0 Å². The van der Waals surface area contributed by atoms with E-state index in [0.717, 1.165) is 36.6 Å². The van der Waals surface area contributed by atoms with E-state index >= 15 is 0 Å². The van der Waals surface area contributed by atoms with Crippen LogP contribution in [0.4, 0.5) is 10.3 Å². The molecule has 1 N–H and O–H groups in total. The monoisotopic (exact) mass is 354 g/mol. The third-order valence-corrected chi connectivity index (χ3v) is 4.78. The van der Waals surface area contributed by atoms with E-state index in [1.54, 1.807) is 0 Å². The standard InChI is InChI=1S/C18H19FN6O/c1-9(2)15-23-24-16-13(6-12-10(3)4-5-14(12)25(15)16)17(26)22-18-20-7-11(19)8-21-18/h6-10H,4-5H2,1-3H3,(H,20,21,22,26). The first kappa shape index (κ1) is 16.6. The molecule has 0 spiro atoms. The van der Waals surface area contributed by atoms with Crippen molar-refractivity contribution in [1.82, 2.24) is 24.6 Å². The summed E-state index contributed by atoms with van der Waals surface area (Å²) in [5, 5.41) is 11.2. The number of anilines is 1. The van der Waals surface area contributed by atoms with Gasteiger partial charge in [0.05, 0.1) is 18.0 Å². The molecular weight excluding hydrogens is 335 g/mol. The third kappa shape index (κ3) is 2.61. The van der Waals surface area contributed by atoms with Gasteiger partial charge in [0.25, 0.3) is 5.91 Å². The molecule has 7 nitrogen and oxygen atoms in total. The number of rotatable bonds is 3. The van der Waals surface area contributed by atoms with Crippen LogP contribution < -0.4 is 5.32 Å². The van der Waals surface area contributed by atoms with Gasteiger partial charge in [-0.2, -0.15) is 0 Å². The molecule has 3 aromatic heterocycles. The molecule has 1 aliphatic rings. The summed E-state index contributed by atoms with van der Waals surface area (Å²) in [6.07, 6.45) is 3.99. The maximum Gasteiger partial charge on any atom is 0.261 e. The van der Waals surface area contributed by atoms with Crippen LogP contribution in [0.3, 0.4) is 0 Å². The number of aromatic nitrogens is 5. The van der Waals surface area contributed by atoms with E-state index in [9.17, 15) is 9.18 Å². The largest absolute Gasteiger partial charge is 0.290 e. The molecule has 1 amide bonds. The third-order valence-electron chi connectivity index (χ3n) is 4.78. The summed E-state index contributed by atoms with van der Waals surface area (Å²) in [6.45, 7) is 6.27.